The number of aromatic nitrogens is 1. The van der Waals surface area contributed by atoms with Gasteiger partial charge in [-0.3, -0.25) is 0 Å². The quantitative estimate of drug-likeness (QED) is 0.922. The van der Waals surface area contributed by atoms with Crippen LogP contribution in [0, 0.1) is 6.92 Å². The minimum absolute atomic E-state index is 0.749. The Kier molecular flexibility index (Phi) is 3.72. The summed E-state index contributed by atoms with van der Waals surface area (Å²) in [6, 6.07) is 9.70. The van der Waals surface area contributed by atoms with Gasteiger partial charge in [0.2, 0.25) is 0 Å². The summed E-state index contributed by atoms with van der Waals surface area (Å²) in [5.41, 5.74) is 8.84. The molecule has 0 unspecified atom stereocenters. The van der Waals surface area contributed by atoms with Crippen molar-refractivity contribution in [2.45, 2.75) is 13.5 Å². The van der Waals surface area contributed by atoms with Crippen LogP contribution in [-0.4, -0.2) is 12.0 Å². The van der Waals surface area contributed by atoms with Crippen molar-refractivity contribution in [2.24, 2.45) is 0 Å². The molecular weight excluding hydrogens is 246 g/mol. The van der Waals surface area contributed by atoms with Gasteiger partial charge >= 0.3 is 0 Å². The molecule has 3 nitrogen and oxygen atoms in total. The standard InChI is InChI=1S/C14H16ClN3/c1-10-8-17-14(7-13(10)16)18(2)9-11-3-5-12(15)6-4-11/h3-8H,9H2,1-2H3,(H2,16,17). The van der Waals surface area contributed by atoms with Crippen LogP contribution in [0.1, 0.15) is 11.1 Å². The van der Waals surface area contributed by atoms with E-state index in [0.717, 1.165) is 28.6 Å². The molecule has 0 aliphatic rings. The molecule has 18 heavy (non-hydrogen) atoms. The molecule has 0 atom stereocenters. The van der Waals surface area contributed by atoms with E-state index in [9.17, 15) is 0 Å². The van der Waals surface area contributed by atoms with Gasteiger partial charge in [0.05, 0.1) is 0 Å². The Hall–Kier alpha value is -1.74. The molecular formula is C14H16ClN3. The first-order chi connectivity index (χ1) is 8.56. The highest BCUT2D eigenvalue weighted by molar-refractivity contribution is 6.30. The maximum absolute atomic E-state index is 5.89. The van der Waals surface area contributed by atoms with Crippen molar-refractivity contribution >= 4 is 23.1 Å². The number of rotatable bonds is 3. The zero-order chi connectivity index (χ0) is 13.1. The van der Waals surface area contributed by atoms with Crippen LogP contribution in [0.15, 0.2) is 36.5 Å². The number of nitrogen functional groups attached to an aromatic ring is 1. The highest BCUT2D eigenvalue weighted by Crippen LogP contribution is 2.19. The molecule has 2 aromatic rings. The molecule has 0 spiro atoms. The van der Waals surface area contributed by atoms with Crippen molar-refractivity contribution in [2.75, 3.05) is 17.7 Å². The number of halogens is 1. The lowest BCUT2D eigenvalue weighted by molar-refractivity contribution is 0.897. The summed E-state index contributed by atoms with van der Waals surface area (Å²) in [5, 5.41) is 0.749. The van der Waals surface area contributed by atoms with Gasteiger partial charge in [0.15, 0.2) is 0 Å². The van der Waals surface area contributed by atoms with Crippen LogP contribution in [-0.2, 0) is 6.54 Å². The molecule has 0 aliphatic carbocycles. The maximum atomic E-state index is 5.89. The highest BCUT2D eigenvalue weighted by atomic mass is 35.5. The van der Waals surface area contributed by atoms with Crippen molar-refractivity contribution in [3.05, 3.63) is 52.7 Å². The first-order valence-electron chi connectivity index (χ1n) is 5.74. The Labute approximate surface area is 112 Å². The van der Waals surface area contributed by atoms with E-state index < -0.39 is 0 Å². The van der Waals surface area contributed by atoms with Crippen LogP contribution < -0.4 is 10.6 Å². The van der Waals surface area contributed by atoms with E-state index >= 15 is 0 Å². The SMILES string of the molecule is Cc1cnc(N(C)Cc2ccc(Cl)cc2)cc1N. The van der Waals surface area contributed by atoms with Crippen molar-refractivity contribution in [1.29, 1.82) is 0 Å². The van der Waals surface area contributed by atoms with Gasteiger partial charge < -0.3 is 10.6 Å². The molecule has 4 heteroatoms. The van der Waals surface area contributed by atoms with E-state index in [0.29, 0.717) is 0 Å². The molecule has 1 aromatic heterocycles. The van der Waals surface area contributed by atoms with Crippen LogP contribution in [0.3, 0.4) is 0 Å². The second kappa shape index (κ2) is 5.27. The second-order valence-corrected chi connectivity index (χ2v) is 4.82. The van der Waals surface area contributed by atoms with Gasteiger partial charge in [-0.1, -0.05) is 23.7 Å². The van der Waals surface area contributed by atoms with Crippen LogP contribution in [0.5, 0.6) is 0 Å². The van der Waals surface area contributed by atoms with Crippen molar-refractivity contribution < 1.29 is 0 Å². The average Bonchev–Trinajstić information content (AvgIpc) is 2.35. The fourth-order valence-corrected chi connectivity index (χ4v) is 1.81. The monoisotopic (exact) mass is 261 g/mol. The molecule has 94 valence electrons. The Morgan fingerprint density at radius 2 is 1.94 bits per heavy atom. The molecule has 0 radical (unpaired) electrons. The summed E-state index contributed by atoms with van der Waals surface area (Å²) in [6.45, 7) is 2.72. The molecule has 0 saturated heterocycles. The largest absolute Gasteiger partial charge is 0.398 e. The second-order valence-electron chi connectivity index (χ2n) is 4.38. The van der Waals surface area contributed by atoms with Gasteiger partial charge in [0.1, 0.15) is 5.82 Å². The minimum atomic E-state index is 0.749. The van der Waals surface area contributed by atoms with Crippen LogP contribution in [0.25, 0.3) is 0 Å². The summed E-state index contributed by atoms with van der Waals surface area (Å²) in [7, 11) is 1.99. The van der Waals surface area contributed by atoms with E-state index in [4.69, 9.17) is 17.3 Å². The number of aryl methyl sites for hydroxylation is 1. The van der Waals surface area contributed by atoms with Gasteiger partial charge in [-0.25, -0.2) is 4.98 Å². The van der Waals surface area contributed by atoms with Crippen molar-refractivity contribution in [3.63, 3.8) is 0 Å². The summed E-state index contributed by atoms with van der Waals surface area (Å²) in [4.78, 5) is 6.43. The third kappa shape index (κ3) is 2.93. The normalized spacial score (nSPS) is 10.4. The number of nitrogens with two attached hydrogens (primary N) is 1. The first-order valence-corrected chi connectivity index (χ1v) is 6.12. The zero-order valence-electron chi connectivity index (χ0n) is 10.5. The summed E-state index contributed by atoms with van der Waals surface area (Å²) < 4.78 is 0. The number of pyridine rings is 1. The zero-order valence-corrected chi connectivity index (χ0v) is 11.3. The molecule has 0 fully saturated rings. The highest BCUT2D eigenvalue weighted by Gasteiger charge is 2.05. The molecule has 1 heterocycles. The maximum Gasteiger partial charge on any atom is 0.130 e. The third-order valence-electron chi connectivity index (χ3n) is 2.85. The molecule has 0 amide bonds. The molecule has 0 saturated carbocycles. The topological polar surface area (TPSA) is 42.2 Å². The predicted molar refractivity (Wildman–Crippen MR) is 76.9 cm³/mol. The number of hydrogen-bond acceptors (Lipinski definition) is 3. The van der Waals surface area contributed by atoms with E-state index in [1.807, 2.05) is 44.3 Å². The summed E-state index contributed by atoms with van der Waals surface area (Å²) in [6.07, 6.45) is 1.79. The first kappa shape index (κ1) is 12.7. The Morgan fingerprint density at radius 1 is 1.28 bits per heavy atom. The Morgan fingerprint density at radius 3 is 2.56 bits per heavy atom. The van der Waals surface area contributed by atoms with Gasteiger partial charge in [-0.2, -0.15) is 0 Å². The lowest BCUT2D eigenvalue weighted by Gasteiger charge is -2.19. The van der Waals surface area contributed by atoms with E-state index in [-0.39, 0.29) is 0 Å². The van der Waals surface area contributed by atoms with Crippen LogP contribution >= 0.6 is 11.6 Å². The molecule has 1 aromatic carbocycles. The summed E-state index contributed by atoms with van der Waals surface area (Å²) >= 11 is 5.86. The summed E-state index contributed by atoms with van der Waals surface area (Å²) in [5.74, 6) is 0.869. The van der Waals surface area contributed by atoms with Crippen LogP contribution in [0.2, 0.25) is 5.02 Å². The minimum Gasteiger partial charge on any atom is -0.398 e. The smallest absolute Gasteiger partial charge is 0.130 e. The predicted octanol–water partition coefficient (Wildman–Crippen LogP) is 3.26. The van der Waals surface area contributed by atoms with Crippen LogP contribution in [0.4, 0.5) is 11.5 Å². The van der Waals surface area contributed by atoms with E-state index in [1.54, 1.807) is 6.20 Å². The molecule has 0 aliphatic heterocycles. The van der Waals surface area contributed by atoms with Gasteiger partial charge in [0, 0.05) is 36.6 Å². The number of nitrogens with zero attached hydrogens (tertiary/aromatic N) is 2. The van der Waals surface area contributed by atoms with E-state index in [2.05, 4.69) is 9.88 Å². The number of hydrogen-bond donors (Lipinski definition) is 1. The van der Waals surface area contributed by atoms with Gasteiger partial charge in [0.25, 0.3) is 0 Å². The lowest BCUT2D eigenvalue weighted by atomic mass is 10.2. The third-order valence-corrected chi connectivity index (χ3v) is 3.11. The Bertz CT molecular complexity index is 537. The molecule has 2 N–H and O–H groups in total. The molecule has 2 rings (SSSR count). The van der Waals surface area contributed by atoms with Crippen molar-refractivity contribution in [3.8, 4) is 0 Å². The number of anilines is 2. The molecule has 0 bridgehead atoms. The van der Waals surface area contributed by atoms with Crippen molar-refractivity contribution in [1.82, 2.24) is 4.98 Å². The Balaban J connectivity index is 2.13. The van der Waals surface area contributed by atoms with Gasteiger partial charge in [-0.05, 0) is 30.2 Å². The number of benzene rings is 1. The van der Waals surface area contributed by atoms with Gasteiger partial charge in [-0.15, -0.1) is 0 Å². The fraction of sp³-hybridized carbons (Fsp3) is 0.214. The van der Waals surface area contributed by atoms with E-state index in [1.165, 1.54) is 5.56 Å². The average molecular weight is 262 g/mol. The lowest BCUT2D eigenvalue weighted by Crippen LogP contribution is -2.17. The fourth-order valence-electron chi connectivity index (χ4n) is 1.68.